The van der Waals surface area contributed by atoms with Gasteiger partial charge in [0, 0.05) is 22.3 Å². The van der Waals surface area contributed by atoms with E-state index in [9.17, 15) is 19.2 Å². The van der Waals surface area contributed by atoms with Gasteiger partial charge < -0.3 is 0 Å². The van der Waals surface area contributed by atoms with Gasteiger partial charge in [0.1, 0.15) is 0 Å². The van der Waals surface area contributed by atoms with Gasteiger partial charge in [0.05, 0.1) is 0 Å². The molecule has 0 radical (unpaired) electrons. The second kappa shape index (κ2) is 7.31. The van der Waals surface area contributed by atoms with E-state index in [0.717, 1.165) is 16.7 Å². The molecule has 4 amide bonds. The summed E-state index contributed by atoms with van der Waals surface area (Å²) in [4.78, 5) is 46.6. The molecule has 6 heteroatoms. The van der Waals surface area contributed by atoms with Crippen molar-refractivity contribution in [2.75, 3.05) is 0 Å². The van der Waals surface area contributed by atoms with Crippen molar-refractivity contribution >= 4 is 23.6 Å². The van der Waals surface area contributed by atoms with Crippen molar-refractivity contribution in [3.8, 4) is 0 Å². The summed E-state index contributed by atoms with van der Waals surface area (Å²) in [6.07, 6.45) is 2.41. The number of carbonyl (C=O) groups is 4. The molecule has 0 spiro atoms. The number of rotatable bonds is 6. The van der Waals surface area contributed by atoms with Gasteiger partial charge >= 0.3 is 0 Å². The van der Waals surface area contributed by atoms with Crippen LogP contribution in [0, 0.1) is 6.92 Å². The Hall–Kier alpha value is -3.02. The van der Waals surface area contributed by atoms with E-state index in [0.29, 0.717) is 48.0 Å². The Morgan fingerprint density at radius 2 is 1.19 bits per heavy atom. The number of hydrogen-bond donors (Lipinski definition) is 2. The van der Waals surface area contributed by atoms with Gasteiger partial charge in [-0.25, -0.2) is 0 Å². The minimum absolute atomic E-state index is 0.292. The summed E-state index contributed by atoms with van der Waals surface area (Å²) in [5, 5.41) is 4.63. The summed E-state index contributed by atoms with van der Waals surface area (Å²) in [7, 11) is 0. The Bertz CT molecular complexity index is 938. The third kappa shape index (κ3) is 3.74. The zero-order valence-corrected chi connectivity index (χ0v) is 15.7. The molecule has 1 aromatic carbocycles. The molecule has 0 bridgehead atoms. The highest BCUT2D eigenvalue weighted by atomic mass is 16.2. The van der Waals surface area contributed by atoms with Crippen LogP contribution in [0.1, 0.15) is 43.4 Å². The van der Waals surface area contributed by atoms with Crippen LogP contribution in [0.4, 0.5) is 0 Å². The average Bonchev–Trinajstić information content (AvgIpc) is 3.00. The number of aryl methyl sites for hydroxylation is 3. The van der Waals surface area contributed by atoms with Crippen molar-refractivity contribution in [2.45, 2.75) is 46.5 Å². The van der Waals surface area contributed by atoms with Crippen LogP contribution in [0.5, 0.6) is 0 Å². The monoisotopic (exact) mass is 366 g/mol. The number of carbonyl (C=O) groups excluding carboxylic acids is 4. The van der Waals surface area contributed by atoms with E-state index < -0.39 is 0 Å². The fourth-order valence-electron chi connectivity index (χ4n) is 3.48. The van der Waals surface area contributed by atoms with E-state index in [1.165, 1.54) is 0 Å². The molecular formula is C21H22N2O4. The van der Waals surface area contributed by atoms with Crippen LogP contribution in [0.15, 0.2) is 40.5 Å². The first-order chi connectivity index (χ1) is 12.8. The fourth-order valence-corrected chi connectivity index (χ4v) is 3.48. The van der Waals surface area contributed by atoms with Crippen LogP contribution in [-0.2, 0) is 32.0 Å². The Labute approximate surface area is 157 Å². The lowest BCUT2D eigenvalue weighted by Gasteiger charge is -2.09. The number of nitrogens with one attached hydrogen (secondary N) is 2. The van der Waals surface area contributed by atoms with Gasteiger partial charge in [0.15, 0.2) is 0 Å². The molecule has 2 heterocycles. The maximum atomic E-state index is 11.8. The van der Waals surface area contributed by atoms with Crippen LogP contribution in [0.3, 0.4) is 0 Å². The van der Waals surface area contributed by atoms with Crippen molar-refractivity contribution in [1.82, 2.24) is 10.6 Å². The first kappa shape index (κ1) is 18.8. The molecular weight excluding hydrogens is 344 g/mol. The quantitative estimate of drug-likeness (QED) is 0.751. The Balaban J connectivity index is 1.64. The first-order valence-corrected chi connectivity index (χ1v) is 8.97. The van der Waals surface area contributed by atoms with Gasteiger partial charge in [-0.1, -0.05) is 18.2 Å². The Morgan fingerprint density at radius 3 is 1.63 bits per heavy atom. The van der Waals surface area contributed by atoms with E-state index in [-0.39, 0.29) is 23.6 Å². The lowest BCUT2D eigenvalue weighted by atomic mass is 9.95. The van der Waals surface area contributed by atoms with E-state index in [1.54, 1.807) is 13.8 Å². The summed E-state index contributed by atoms with van der Waals surface area (Å²) in [6.45, 7) is 5.35. The molecule has 0 aromatic heterocycles. The topological polar surface area (TPSA) is 92.3 Å². The third-order valence-corrected chi connectivity index (χ3v) is 5.30. The van der Waals surface area contributed by atoms with E-state index in [1.807, 2.05) is 19.1 Å². The minimum atomic E-state index is -0.305. The van der Waals surface area contributed by atoms with E-state index >= 15 is 0 Å². The molecule has 2 aliphatic heterocycles. The van der Waals surface area contributed by atoms with Crippen LogP contribution >= 0.6 is 0 Å². The summed E-state index contributed by atoms with van der Waals surface area (Å²) in [5.74, 6) is -1.19. The molecule has 6 nitrogen and oxygen atoms in total. The Morgan fingerprint density at radius 1 is 0.667 bits per heavy atom. The van der Waals surface area contributed by atoms with Crippen LogP contribution in [-0.4, -0.2) is 23.6 Å². The lowest BCUT2D eigenvalue weighted by molar-refractivity contribution is -0.125. The standard InChI is InChI=1S/C21H22N2O4/c1-11-10-14(5-8-16-12(2)18(24)22-20(16)26)4-6-15(11)7-9-17-13(3)19(25)23-21(17)27/h4,6,10H,5,7-9H2,1-3H3,(H,22,24,26)(H,23,25,27). The number of imide groups is 2. The first-order valence-electron chi connectivity index (χ1n) is 8.97. The van der Waals surface area contributed by atoms with Gasteiger partial charge in [0.2, 0.25) is 0 Å². The SMILES string of the molecule is CC1=C(CCc2ccc(CCC3=C(C)C(=O)NC3=O)c(C)c2)C(=O)NC1=O. The lowest BCUT2D eigenvalue weighted by Crippen LogP contribution is -2.23. The maximum absolute atomic E-state index is 11.8. The van der Waals surface area contributed by atoms with Gasteiger partial charge in [0.25, 0.3) is 23.6 Å². The van der Waals surface area contributed by atoms with E-state index in [2.05, 4.69) is 16.7 Å². The minimum Gasteiger partial charge on any atom is -0.289 e. The van der Waals surface area contributed by atoms with E-state index in [4.69, 9.17) is 0 Å². The maximum Gasteiger partial charge on any atom is 0.254 e. The van der Waals surface area contributed by atoms with Gasteiger partial charge in [-0.05, 0) is 63.1 Å². The van der Waals surface area contributed by atoms with Crippen molar-refractivity contribution in [2.24, 2.45) is 0 Å². The molecule has 0 saturated carbocycles. The third-order valence-electron chi connectivity index (χ3n) is 5.30. The molecule has 27 heavy (non-hydrogen) atoms. The van der Waals surface area contributed by atoms with Gasteiger partial charge in [-0.2, -0.15) is 0 Å². The largest absolute Gasteiger partial charge is 0.289 e. The molecule has 2 aliphatic rings. The van der Waals surface area contributed by atoms with Crippen molar-refractivity contribution in [3.63, 3.8) is 0 Å². The second-order valence-corrected chi connectivity index (χ2v) is 7.03. The molecule has 2 N–H and O–H groups in total. The van der Waals surface area contributed by atoms with Gasteiger partial charge in [-0.15, -0.1) is 0 Å². The fraction of sp³-hybridized carbons (Fsp3) is 0.333. The number of amides is 4. The molecule has 0 saturated heterocycles. The molecule has 140 valence electrons. The molecule has 3 rings (SSSR count). The van der Waals surface area contributed by atoms with Gasteiger partial charge in [-0.3, -0.25) is 29.8 Å². The molecule has 1 aromatic rings. The summed E-state index contributed by atoms with van der Waals surface area (Å²) in [5.41, 5.74) is 5.43. The predicted octanol–water partition coefficient (Wildman–Crippen LogP) is 1.81. The summed E-state index contributed by atoms with van der Waals surface area (Å²) in [6, 6.07) is 6.10. The molecule has 0 fully saturated rings. The predicted molar refractivity (Wildman–Crippen MR) is 99.5 cm³/mol. The molecule has 0 atom stereocenters. The highest BCUT2D eigenvalue weighted by molar-refractivity contribution is 6.19. The summed E-state index contributed by atoms with van der Waals surface area (Å²) >= 11 is 0. The summed E-state index contributed by atoms with van der Waals surface area (Å²) < 4.78 is 0. The average molecular weight is 366 g/mol. The highest BCUT2D eigenvalue weighted by Gasteiger charge is 2.27. The van der Waals surface area contributed by atoms with Crippen molar-refractivity contribution in [3.05, 3.63) is 57.2 Å². The smallest absolute Gasteiger partial charge is 0.254 e. The van der Waals surface area contributed by atoms with Crippen molar-refractivity contribution < 1.29 is 19.2 Å². The molecule has 0 unspecified atom stereocenters. The molecule has 0 aliphatic carbocycles. The second-order valence-electron chi connectivity index (χ2n) is 7.03. The van der Waals surface area contributed by atoms with Crippen LogP contribution < -0.4 is 10.6 Å². The zero-order chi connectivity index (χ0) is 19.7. The van der Waals surface area contributed by atoms with Crippen molar-refractivity contribution in [1.29, 1.82) is 0 Å². The number of hydrogen-bond acceptors (Lipinski definition) is 4. The zero-order valence-electron chi connectivity index (χ0n) is 15.7. The van der Waals surface area contributed by atoms with Crippen LogP contribution in [0.25, 0.3) is 0 Å². The van der Waals surface area contributed by atoms with Crippen LogP contribution in [0.2, 0.25) is 0 Å². The number of benzene rings is 1. The Kier molecular flexibility index (Phi) is 5.08. The normalized spacial score (nSPS) is 17.1. The highest BCUT2D eigenvalue weighted by Crippen LogP contribution is 2.22.